The largest absolute Gasteiger partial charge is 0.478 e. The maximum atomic E-state index is 10.1. The predicted octanol–water partition coefficient (Wildman–Crippen LogP) is 0.927. The highest BCUT2D eigenvalue weighted by atomic mass is 32.2. The van der Waals surface area contributed by atoms with E-state index in [1.807, 2.05) is 11.8 Å². The van der Waals surface area contributed by atoms with E-state index in [-0.39, 0.29) is 0 Å². The number of thioether (sulfide) groups is 1. The van der Waals surface area contributed by atoms with Crippen LogP contribution in [0.4, 0.5) is 0 Å². The van der Waals surface area contributed by atoms with Crippen molar-refractivity contribution in [3.8, 4) is 0 Å². The van der Waals surface area contributed by atoms with Crippen molar-refractivity contribution in [2.24, 2.45) is 5.92 Å². The lowest BCUT2D eigenvalue weighted by Gasteiger charge is -2.06. The summed E-state index contributed by atoms with van der Waals surface area (Å²) in [5.74, 6) is 2.26. The van der Waals surface area contributed by atoms with Crippen molar-refractivity contribution < 1.29 is 9.90 Å². The van der Waals surface area contributed by atoms with Crippen LogP contribution in [0.25, 0.3) is 0 Å². The molecule has 2 N–H and O–H groups in total. The fourth-order valence-electron chi connectivity index (χ4n) is 1.11. The molecule has 1 heterocycles. The summed E-state index contributed by atoms with van der Waals surface area (Å²) in [6, 6.07) is 0. The molecule has 1 rings (SSSR count). The van der Waals surface area contributed by atoms with Crippen LogP contribution in [0.3, 0.4) is 0 Å². The third-order valence-corrected chi connectivity index (χ3v) is 3.01. The van der Waals surface area contributed by atoms with Gasteiger partial charge in [-0.1, -0.05) is 0 Å². The predicted molar refractivity (Wildman–Crippen MR) is 50.2 cm³/mol. The minimum atomic E-state index is -0.900. The maximum absolute atomic E-state index is 10.1. The molecule has 0 aromatic heterocycles. The number of nitrogens with one attached hydrogen (secondary N) is 1. The first-order valence-corrected chi connectivity index (χ1v) is 5.15. The van der Waals surface area contributed by atoms with Gasteiger partial charge in [-0.25, -0.2) is 4.79 Å². The first kappa shape index (κ1) is 9.45. The minimum absolute atomic E-state index is 0.716. The number of carboxylic acids is 1. The highest BCUT2D eigenvalue weighted by Crippen LogP contribution is 2.22. The van der Waals surface area contributed by atoms with E-state index in [1.165, 1.54) is 24.1 Å². The Balaban J connectivity index is 2.05. The van der Waals surface area contributed by atoms with Gasteiger partial charge in [0, 0.05) is 18.8 Å². The molecule has 1 atom stereocenters. The van der Waals surface area contributed by atoms with Crippen molar-refractivity contribution >= 4 is 17.7 Å². The van der Waals surface area contributed by atoms with E-state index in [4.69, 9.17) is 5.11 Å². The second-order valence-corrected chi connectivity index (χ2v) is 3.96. The summed E-state index contributed by atoms with van der Waals surface area (Å²) in [4.78, 5) is 10.1. The normalized spacial score (nSPS) is 23.2. The molecule has 1 aliphatic heterocycles. The Labute approximate surface area is 76.2 Å². The average molecular weight is 187 g/mol. The van der Waals surface area contributed by atoms with Crippen LogP contribution in [0.1, 0.15) is 6.42 Å². The summed E-state index contributed by atoms with van der Waals surface area (Å²) in [5.41, 5.74) is 0. The van der Waals surface area contributed by atoms with E-state index >= 15 is 0 Å². The molecular weight excluding hydrogens is 174 g/mol. The molecule has 3 nitrogen and oxygen atoms in total. The van der Waals surface area contributed by atoms with Crippen LogP contribution in [0, 0.1) is 5.92 Å². The monoisotopic (exact) mass is 187 g/mol. The Morgan fingerprint density at radius 1 is 1.75 bits per heavy atom. The Bertz CT molecular complexity index is 176. The van der Waals surface area contributed by atoms with Gasteiger partial charge >= 0.3 is 5.97 Å². The van der Waals surface area contributed by atoms with Crippen molar-refractivity contribution in [1.82, 2.24) is 5.32 Å². The van der Waals surface area contributed by atoms with E-state index < -0.39 is 5.97 Å². The fraction of sp³-hybridized carbons (Fsp3) is 0.625. The van der Waals surface area contributed by atoms with Crippen LogP contribution in [0.5, 0.6) is 0 Å². The van der Waals surface area contributed by atoms with Gasteiger partial charge in [0.05, 0.1) is 0 Å². The second kappa shape index (κ2) is 5.09. The van der Waals surface area contributed by atoms with Crippen molar-refractivity contribution in [3.05, 3.63) is 12.3 Å². The van der Waals surface area contributed by atoms with Crippen LogP contribution in [-0.4, -0.2) is 29.1 Å². The standard InChI is InChI=1S/C8H13NO2S/c10-8(11)1-3-9-5-7-2-4-12-6-7/h1,3,7,9H,2,4-6H2,(H,10,11)/b3-1+. The van der Waals surface area contributed by atoms with Gasteiger partial charge in [0.15, 0.2) is 0 Å². The lowest BCUT2D eigenvalue weighted by atomic mass is 10.1. The third-order valence-electron chi connectivity index (χ3n) is 1.77. The topological polar surface area (TPSA) is 49.3 Å². The molecule has 0 amide bonds. The van der Waals surface area contributed by atoms with E-state index in [2.05, 4.69) is 5.32 Å². The van der Waals surface area contributed by atoms with Crippen LogP contribution in [0.15, 0.2) is 12.3 Å². The van der Waals surface area contributed by atoms with Gasteiger partial charge in [-0.05, 0) is 23.8 Å². The maximum Gasteiger partial charge on any atom is 0.329 e. The zero-order chi connectivity index (χ0) is 8.81. The summed E-state index contributed by atoms with van der Waals surface area (Å²) in [6.07, 6.45) is 3.88. The quantitative estimate of drug-likeness (QED) is 0.643. The highest BCUT2D eigenvalue weighted by Gasteiger charge is 2.13. The zero-order valence-electron chi connectivity index (χ0n) is 6.82. The SMILES string of the molecule is O=C(O)/C=C/NCC1CCSC1. The molecule has 68 valence electrons. The Morgan fingerprint density at radius 2 is 2.58 bits per heavy atom. The van der Waals surface area contributed by atoms with Crippen LogP contribution in [0.2, 0.25) is 0 Å². The molecule has 0 spiro atoms. The van der Waals surface area contributed by atoms with Gasteiger partial charge in [0.25, 0.3) is 0 Å². The van der Waals surface area contributed by atoms with Crippen molar-refractivity contribution in [1.29, 1.82) is 0 Å². The Kier molecular flexibility index (Phi) is 4.00. The molecule has 0 radical (unpaired) electrons. The minimum Gasteiger partial charge on any atom is -0.478 e. The molecule has 0 aromatic carbocycles. The van der Waals surface area contributed by atoms with Crippen molar-refractivity contribution in [2.45, 2.75) is 6.42 Å². The smallest absolute Gasteiger partial charge is 0.329 e. The number of hydrogen-bond donors (Lipinski definition) is 2. The van der Waals surface area contributed by atoms with Crippen LogP contribution >= 0.6 is 11.8 Å². The van der Waals surface area contributed by atoms with Gasteiger partial charge in [-0.3, -0.25) is 0 Å². The van der Waals surface area contributed by atoms with Crippen LogP contribution < -0.4 is 5.32 Å². The number of carbonyl (C=O) groups is 1. The Hall–Kier alpha value is -0.640. The summed E-state index contributed by atoms with van der Waals surface area (Å²) >= 11 is 1.97. The molecule has 1 unspecified atom stereocenters. The number of aliphatic carboxylic acids is 1. The molecule has 4 heteroatoms. The second-order valence-electron chi connectivity index (χ2n) is 2.81. The lowest BCUT2D eigenvalue weighted by molar-refractivity contribution is -0.131. The molecular formula is C8H13NO2S. The number of rotatable bonds is 4. The molecule has 0 aromatic rings. The summed E-state index contributed by atoms with van der Waals surface area (Å²) in [7, 11) is 0. The number of hydrogen-bond acceptors (Lipinski definition) is 3. The van der Waals surface area contributed by atoms with E-state index in [9.17, 15) is 4.79 Å². The first-order valence-electron chi connectivity index (χ1n) is 3.99. The molecule has 1 aliphatic rings. The van der Waals surface area contributed by atoms with Gasteiger partial charge in [-0.2, -0.15) is 11.8 Å². The molecule has 1 saturated heterocycles. The summed E-state index contributed by atoms with van der Waals surface area (Å²) in [6.45, 7) is 0.900. The van der Waals surface area contributed by atoms with Gasteiger partial charge in [0.2, 0.25) is 0 Å². The summed E-state index contributed by atoms with van der Waals surface area (Å²) < 4.78 is 0. The summed E-state index contributed by atoms with van der Waals surface area (Å²) in [5, 5.41) is 11.3. The van der Waals surface area contributed by atoms with Gasteiger partial charge < -0.3 is 10.4 Å². The van der Waals surface area contributed by atoms with Gasteiger partial charge in [-0.15, -0.1) is 0 Å². The average Bonchev–Trinajstić information content (AvgIpc) is 2.49. The van der Waals surface area contributed by atoms with Crippen molar-refractivity contribution in [2.75, 3.05) is 18.1 Å². The molecule has 0 bridgehead atoms. The highest BCUT2D eigenvalue weighted by molar-refractivity contribution is 7.99. The molecule has 0 aliphatic carbocycles. The van der Waals surface area contributed by atoms with E-state index in [0.29, 0.717) is 5.92 Å². The van der Waals surface area contributed by atoms with E-state index in [0.717, 1.165) is 12.6 Å². The Morgan fingerprint density at radius 3 is 3.17 bits per heavy atom. The molecule has 12 heavy (non-hydrogen) atoms. The molecule has 0 saturated carbocycles. The third kappa shape index (κ3) is 3.67. The van der Waals surface area contributed by atoms with Gasteiger partial charge in [0.1, 0.15) is 0 Å². The van der Waals surface area contributed by atoms with Crippen LogP contribution in [-0.2, 0) is 4.79 Å². The first-order chi connectivity index (χ1) is 5.79. The number of carboxylic acid groups (broad SMARTS) is 1. The lowest BCUT2D eigenvalue weighted by Crippen LogP contribution is -2.17. The fourth-order valence-corrected chi connectivity index (χ4v) is 2.39. The molecule has 1 fully saturated rings. The van der Waals surface area contributed by atoms with Crippen molar-refractivity contribution in [3.63, 3.8) is 0 Å². The zero-order valence-corrected chi connectivity index (χ0v) is 7.64. The van der Waals surface area contributed by atoms with E-state index in [1.54, 1.807) is 0 Å².